The van der Waals surface area contributed by atoms with Crippen LogP contribution in [0.15, 0.2) is 54.6 Å². The third-order valence-electron chi connectivity index (χ3n) is 8.11. The predicted molar refractivity (Wildman–Crippen MR) is 145 cm³/mol. The molecular formula is C30H41N3O4. The van der Waals surface area contributed by atoms with Crippen LogP contribution in [0, 0.1) is 5.92 Å². The molecule has 1 saturated carbocycles. The Morgan fingerprint density at radius 2 is 1.73 bits per heavy atom. The molecule has 2 aliphatic rings. The van der Waals surface area contributed by atoms with Gasteiger partial charge in [-0.2, -0.15) is 0 Å². The summed E-state index contributed by atoms with van der Waals surface area (Å²) in [5.41, 5.74) is 7.27. The average Bonchev–Trinajstić information content (AvgIpc) is 2.94. The van der Waals surface area contributed by atoms with E-state index in [1.54, 1.807) is 23.1 Å². The van der Waals surface area contributed by atoms with Gasteiger partial charge in [0.25, 0.3) is 0 Å². The second-order valence-electron chi connectivity index (χ2n) is 10.5. The van der Waals surface area contributed by atoms with Crippen LogP contribution in [-0.4, -0.2) is 65.7 Å². The SMILES string of the molecule is NC(=O)c1cccc(OCCCN(CC(c2ccccc2)C2CCCCC2)C2CCN(C(=O)O)CC2)c1. The number of rotatable bonds is 11. The van der Waals surface area contributed by atoms with Crippen LogP contribution in [0.1, 0.15) is 73.2 Å². The van der Waals surface area contributed by atoms with Crippen LogP contribution in [0.3, 0.4) is 0 Å². The molecule has 1 heterocycles. The van der Waals surface area contributed by atoms with Gasteiger partial charge in [0.2, 0.25) is 5.91 Å². The summed E-state index contributed by atoms with van der Waals surface area (Å²) in [7, 11) is 0. The monoisotopic (exact) mass is 507 g/mol. The van der Waals surface area contributed by atoms with E-state index in [-0.39, 0.29) is 0 Å². The summed E-state index contributed by atoms with van der Waals surface area (Å²) in [6.45, 7) is 3.61. The van der Waals surface area contributed by atoms with E-state index >= 15 is 0 Å². The van der Waals surface area contributed by atoms with Gasteiger partial charge in [-0.1, -0.05) is 55.7 Å². The molecule has 0 radical (unpaired) electrons. The summed E-state index contributed by atoms with van der Waals surface area (Å²) in [5, 5.41) is 9.43. The minimum atomic E-state index is -0.819. The lowest BCUT2D eigenvalue weighted by molar-refractivity contribution is 0.0817. The Labute approximate surface area is 220 Å². The van der Waals surface area contributed by atoms with Crippen LogP contribution in [0.25, 0.3) is 0 Å². The standard InChI is InChI=1S/C30H41N3O4/c31-29(34)25-13-7-14-27(21-25)37-20-8-17-33(26-15-18-32(19-16-26)30(35)36)22-28(23-9-3-1-4-10-23)24-11-5-2-6-12-24/h1,3-4,7,9-10,13-14,21,24,26,28H,2,5-6,8,11-12,15-20,22H2,(H2,31,34)(H,35,36). The maximum atomic E-state index is 11.5. The lowest BCUT2D eigenvalue weighted by atomic mass is 9.76. The number of amides is 2. The number of hydrogen-bond donors (Lipinski definition) is 2. The highest BCUT2D eigenvalue weighted by Crippen LogP contribution is 2.37. The topological polar surface area (TPSA) is 96.1 Å². The van der Waals surface area contributed by atoms with Crippen LogP contribution in [-0.2, 0) is 0 Å². The van der Waals surface area contributed by atoms with Crippen LogP contribution >= 0.6 is 0 Å². The van der Waals surface area contributed by atoms with E-state index in [4.69, 9.17) is 10.5 Å². The first-order valence-electron chi connectivity index (χ1n) is 13.8. The second kappa shape index (κ2) is 13.5. The Kier molecular flexibility index (Phi) is 9.83. The minimum Gasteiger partial charge on any atom is -0.494 e. The third-order valence-corrected chi connectivity index (χ3v) is 8.11. The number of primary amides is 1. The fourth-order valence-electron chi connectivity index (χ4n) is 6.06. The number of carbonyl (C=O) groups excluding carboxylic acids is 1. The van der Waals surface area contributed by atoms with E-state index < -0.39 is 12.0 Å². The van der Waals surface area contributed by atoms with Gasteiger partial charge in [0.05, 0.1) is 6.61 Å². The highest BCUT2D eigenvalue weighted by Gasteiger charge is 2.31. The van der Waals surface area contributed by atoms with Gasteiger partial charge >= 0.3 is 6.09 Å². The summed E-state index contributed by atoms with van der Waals surface area (Å²) in [4.78, 5) is 27.1. The Morgan fingerprint density at radius 1 is 1.00 bits per heavy atom. The molecule has 1 saturated heterocycles. The van der Waals surface area contributed by atoms with Crippen LogP contribution in [0.2, 0.25) is 0 Å². The maximum Gasteiger partial charge on any atom is 0.407 e. The molecule has 1 atom stereocenters. The molecule has 0 spiro atoms. The molecule has 37 heavy (non-hydrogen) atoms. The molecule has 0 aromatic heterocycles. The third kappa shape index (κ3) is 7.71. The summed E-state index contributed by atoms with van der Waals surface area (Å²) in [5.74, 6) is 1.36. The van der Waals surface area contributed by atoms with Crippen molar-refractivity contribution < 1.29 is 19.4 Å². The van der Waals surface area contributed by atoms with Crippen molar-refractivity contribution in [1.29, 1.82) is 0 Å². The molecule has 1 unspecified atom stereocenters. The van der Waals surface area contributed by atoms with Crippen molar-refractivity contribution >= 4 is 12.0 Å². The molecule has 2 aromatic rings. The molecule has 0 bridgehead atoms. The summed E-state index contributed by atoms with van der Waals surface area (Å²) in [6, 6.07) is 18.3. The number of carboxylic acid groups (broad SMARTS) is 1. The van der Waals surface area contributed by atoms with Crippen molar-refractivity contribution in [2.24, 2.45) is 11.7 Å². The molecule has 1 aliphatic heterocycles. The number of likely N-dealkylation sites (tertiary alicyclic amines) is 1. The van der Waals surface area contributed by atoms with E-state index in [1.807, 2.05) is 6.07 Å². The molecule has 1 aliphatic carbocycles. The summed E-state index contributed by atoms with van der Waals surface area (Å²) in [6.07, 6.45) is 8.28. The molecule has 2 amide bonds. The zero-order chi connectivity index (χ0) is 26.0. The molecule has 7 nitrogen and oxygen atoms in total. The van der Waals surface area contributed by atoms with Crippen molar-refractivity contribution in [2.45, 2.75) is 63.3 Å². The van der Waals surface area contributed by atoms with Gasteiger partial charge in [-0.05, 0) is 67.7 Å². The first-order valence-corrected chi connectivity index (χ1v) is 13.8. The van der Waals surface area contributed by atoms with Crippen molar-refractivity contribution in [3.05, 3.63) is 65.7 Å². The van der Waals surface area contributed by atoms with E-state index in [0.29, 0.717) is 48.9 Å². The Balaban J connectivity index is 1.44. The predicted octanol–water partition coefficient (Wildman–Crippen LogP) is 5.36. The number of piperidine rings is 1. The van der Waals surface area contributed by atoms with Crippen molar-refractivity contribution in [3.8, 4) is 5.75 Å². The van der Waals surface area contributed by atoms with Gasteiger partial charge in [-0.15, -0.1) is 0 Å². The first kappa shape index (κ1) is 27.0. The van der Waals surface area contributed by atoms with Gasteiger partial charge in [-0.3, -0.25) is 9.69 Å². The Hall–Kier alpha value is -3.06. The van der Waals surface area contributed by atoms with E-state index in [1.165, 1.54) is 37.7 Å². The zero-order valence-corrected chi connectivity index (χ0v) is 21.8. The molecule has 2 fully saturated rings. The number of hydrogen-bond acceptors (Lipinski definition) is 4. The number of nitrogens with zero attached hydrogens (tertiary/aromatic N) is 2. The zero-order valence-electron chi connectivity index (χ0n) is 21.8. The molecule has 2 aromatic carbocycles. The van der Waals surface area contributed by atoms with Gasteiger partial charge in [-0.25, -0.2) is 4.79 Å². The van der Waals surface area contributed by atoms with Crippen LogP contribution in [0.4, 0.5) is 4.79 Å². The van der Waals surface area contributed by atoms with Crippen LogP contribution < -0.4 is 10.5 Å². The lowest BCUT2D eigenvalue weighted by Gasteiger charge is -2.41. The smallest absolute Gasteiger partial charge is 0.407 e. The molecule has 3 N–H and O–H groups in total. The molecule has 7 heteroatoms. The van der Waals surface area contributed by atoms with Gasteiger partial charge in [0, 0.05) is 37.8 Å². The fourth-order valence-corrected chi connectivity index (χ4v) is 6.06. The molecule has 200 valence electrons. The van der Waals surface area contributed by atoms with Crippen LogP contribution in [0.5, 0.6) is 5.75 Å². The van der Waals surface area contributed by atoms with E-state index in [9.17, 15) is 14.7 Å². The largest absolute Gasteiger partial charge is 0.494 e. The highest BCUT2D eigenvalue weighted by atomic mass is 16.5. The summed E-state index contributed by atoms with van der Waals surface area (Å²) >= 11 is 0. The normalized spacial score (nSPS) is 18.0. The number of carbonyl (C=O) groups is 2. The second-order valence-corrected chi connectivity index (χ2v) is 10.5. The Morgan fingerprint density at radius 3 is 2.41 bits per heavy atom. The fraction of sp³-hybridized carbons (Fsp3) is 0.533. The summed E-state index contributed by atoms with van der Waals surface area (Å²) < 4.78 is 5.97. The van der Waals surface area contributed by atoms with E-state index in [0.717, 1.165) is 32.4 Å². The van der Waals surface area contributed by atoms with Crippen molar-refractivity contribution in [3.63, 3.8) is 0 Å². The number of ether oxygens (including phenoxy) is 1. The van der Waals surface area contributed by atoms with Crippen molar-refractivity contribution in [2.75, 3.05) is 32.8 Å². The van der Waals surface area contributed by atoms with Gasteiger partial charge in [0.1, 0.15) is 5.75 Å². The highest BCUT2D eigenvalue weighted by molar-refractivity contribution is 5.93. The average molecular weight is 508 g/mol. The van der Waals surface area contributed by atoms with Crippen molar-refractivity contribution in [1.82, 2.24) is 9.80 Å². The first-order chi connectivity index (χ1) is 18.0. The number of nitrogens with two attached hydrogens (primary N) is 1. The maximum absolute atomic E-state index is 11.5. The van der Waals surface area contributed by atoms with E-state index in [2.05, 4.69) is 35.2 Å². The minimum absolute atomic E-state index is 0.364. The van der Waals surface area contributed by atoms with Gasteiger partial charge < -0.3 is 20.5 Å². The lowest BCUT2D eigenvalue weighted by Crippen LogP contribution is -2.48. The quantitative estimate of drug-likeness (QED) is 0.399. The Bertz CT molecular complexity index is 1000. The van der Waals surface area contributed by atoms with Gasteiger partial charge in [0.15, 0.2) is 0 Å². The molecular weight excluding hydrogens is 466 g/mol. The molecule has 4 rings (SSSR count). The number of benzene rings is 2.